The molecule has 2 N–H and O–H groups in total. The van der Waals surface area contributed by atoms with E-state index in [9.17, 15) is 9.50 Å². The molecular formula is C17H27FN2O. The van der Waals surface area contributed by atoms with Crippen LogP contribution in [0.4, 0.5) is 4.39 Å². The highest BCUT2D eigenvalue weighted by Gasteiger charge is 2.36. The Kier molecular flexibility index (Phi) is 4.99. The molecule has 1 unspecified atom stereocenters. The maximum atomic E-state index is 12.9. The molecule has 0 radical (unpaired) electrons. The summed E-state index contributed by atoms with van der Waals surface area (Å²) >= 11 is 0. The number of aromatic nitrogens is 1. The van der Waals surface area contributed by atoms with E-state index in [1.54, 1.807) is 6.07 Å². The van der Waals surface area contributed by atoms with Crippen LogP contribution in [0, 0.1) is 11.2 Å². The van der Waals surface area contributed by atoms with Crippen molar-refractivity contribution in [1.29, 1.82) is 0 Å². The molecule has 1 fully saturated rings. The van der Waals surface area contributed by atoms with Crippen LogP contribution >= 0.6 is 0 Å². The first-order chi connectivity index (χ1) is 9.84. The lowest BCUT2D eigenvalue weighted by Gasteiger charge is -2.41. The lowest BCUT2D eigenvalue weighted by atomic mass is 9.71. The van der Waals surface area contributed by atoms with Gasteiger partial charge in [-0.3, -0.25) is 4.98 Å². The van der Waals surface area contributed by atoms with Gasteiger partial charge in [-0.05, 0) is 49.7 Å². The predicted octanol–water partition coefficient (Wildman–Crippen LogP) is 3.59. The molecule has 0 bridgehead atoms. The van der Waals surface area contributed by atoms with Crippen LogP contribution in [0.1, 0.15) is 64.6 Å². The molecule has 1 heterocycles. The number of hydrogen-bond donors (Lipinski definition) is 2. The van der Waals surface area contributed by atoms with Gasteiger partial charge in [0.25, 0.3) is 0 Å². The highest BCUT2D eigenvalue weighted by Crippen LogP contribution is 2.40. The molecule has 4 heteroatoms. The van der Waals surface area contributed by atoms with E-state index in [-0.39, 0.29) is 11.9 Å². The number of nitrogens with zero attached hydrogens (tertiary/aromatic N) is 1. The second-order valence-electron chi connectivity index (χ2n) is 7.13. The van der Waals surface area contributed by atoms with Gasteiger partial charge in [-0.25, -0.2) is 4.39 Å². The summed E-state index contributed by atoms with van der Waals surface area (Å²) in [6.45, 7) is 7.16. The average Bonchev–Trinajstić information content (AvgIpc) is 2.45. The molecule has 118 valence electrons. The lowest BCUT2D eigenvalue weighted by molar-refractivity contribution is -0.0262. The van der Waals surface area contributed by atoms with Crippen molar-refractivity contribution in [2.24, 2.45) is 5.41 Å². The summed E-state index contributed by atoms with van der Waals surface area (Å²) in [6.07, 6.45) is 5.88. The number of nitrogens with one attached hydrogen (secondary N) is 1. The zero-order valence-electron chi connectivity index (χ0n) is 13.3. The Labute approximate surface area is 127 Å². The smallest absolute Gasteiger partial charge is 0.141 e. The van der Waals surface area contributed by atoms with Gasteiger partial charge in [0.15, 0.2) is 0 Å². The number of aliphatic hydroxyl groups is 1. The standard InChI is InChI=1S/C17H27FN2O/c1-4-14(15-6-5-13(18)11-19-15)20-12-17(21)9-7-16(2,3)8-10-17/h5-6,11,14,20-21H,4,7-10,12H2,1-3H3. The highest BCUT2D eigenvalue weighted by molar-refractivity contribution is 5.10. The van der Waals surface area contributed by atoms with Crippen LogP contribution in [0.5, 0.6) is 0 Å². The first-order valence-electron chi connectivity index (χ1n) is 7.91. The minimum Gasteiger partial charge on any atom is -0.389 e. The van der Waals surface area contributed by atoms with E-state index in [4.69, 9.17) is 0 Å². The Morgan fingerprint density at radius 1 is 1.29 bits per heavy atom. The number of pyridine rings is 1. The Balaban J connectivity index is 1.92. The third-order valence-corrected chi connectivity index (χ3v) is 4.73. The molecule has 0 aromatic carbocycles. The van der Waals surface area contributed by atoms with Crippen molar-refractivity contribution in [3.8, 4) is 0 Å². The van der Waals surface area contributed by atoms with Gasteiger partial charge in [-0.15, -0.1) is 0 Å². The largest absolute Gasteiger partial charge is 0.389 e. The molecule has 0 spiro atoms. The van der Waals surface area contributed by atoms with Crippen molar-refractivity contribution in [2.75, 3.05) is 6.54 Å². The van der Waals surface area contributed by atoms with Gasteiger partial charge in [-0.1, -0.05) is 20.8 Å². The SMILES string of the molecule is CCC(NCC1(O)CCC(C)(C)CC1)c1ccc(F)cn1. The summed E-state index contributed by atoms with van der Waals surface area (Å²) in [5, 5.41) is 14.1. The van der Waals surface area contributed by atoms with Crippen molar-refractivity contribution in [2.45, 2.75) is 64.5 Å². The summed E-state index contributed by atoms with van der Waals surface area (Å²) in [5.74, 6) is -0.318. The van der Waals surface area contributed by atoms with Crippen LogP contribution in [-0.2, 0) is 0 Å². The van der Waals surface area contributed by atoms with Crippen LogP contribution in [0.15, 0.2) is 18.3 Å². The van der Waals surface area contributed by atoms with E-state index in [1.807, 2.05) is 0 Å². The average molecular weight is 294 g/mol. The summed E-state index contributed by atoms with van der Waals surface area (Å²) in [6, 6.07) is 3.21. The Morgan fingerprint density at radius 3 is 2.48 bits per heavy atom. The number of rotatable bonds is 5. The molecular weight excluding hydrogens is 267 g/mol. The normalized spacial score (nSPS) is 22.0. The van der Waals surface area contributed by atoms with Crippen LogP contribution in [0.3, 0.4) is 0 Å². The van der Waals surface area contributed by atoms with E-state index in [0.29, 0.717) is 12.0 Å². The molecule has 1 aromatic rings. The van der Waals surface area contributed by atoms with Crippen molar-refractivity contribution in [3.05, 3.63) is 29.8 Å². The topological polar surface area (TPSA) is 45.1 Å². The third-order valence-electron chi connectivity index (χ3n) is 4.73. The lowest BCUT2D eigenvalue weighted by Crippen LogP contribution is -2.45. The van der Waals surface area contributed by atoms with E-state index >= 15 is 0 Å². The number of halogens is 1. The maximum absolute atomic E-state index is 12.9. The molecule has 1 atom stereocenters. The number of hydrogen-bond acceptors (Lipinski definition) is 3. The molecule has 0 saturated heterocycles. The zero-order valence-corrected chi connectivity index (χ0v) is 13.3. The van der Waals surface area contributed by atoms with Crippen LogP contribution in [-0.4, -0.2) is 22.2 Å². The van der Waals surface area contributed by atoms with E-state index in [0.717, 1.165) is 37.8 Å². The van der Waals surface area contributed by atoms with Gasteiger partial charge in [0, 0.05) is 12.6 Å². The summed E-state index contributed by atoms with van der Waals surface area (Å²) in [5.41, 5.74) is 0.552. The predicted molar refractivity (Wildman–Crippen MR) is 82.4 cm³/mol. The molecule has 1 saturated carbocycles. The molecule has 0 amide bonds. The van der Waals surface area contributed by atoms with Gasteiger partial charge in [-0.2, -0.15) is 0 Å². The van der Waals surface area contributed by atoms with Gasteiger partial charge in [0.1, 0.15) is 5.82 Å². The minimum absolute atomic E-state index is 0.0598. The molecule has 1 aliphatic rings. The minimum atomic E-state index is -0.622. The Hall–Kier alpha value is -1.00. The van der Waals surface area contributed by atoms with Crippen molar-refractivity contribution >= 4 is 0 Å². The monoisotopic (exact) mass is 294 g/mol. The fourth-order valence-electron chi connectivity index (χ4n) is 2.93. The second-order valence-corrected chi connectivity index (χ2v) is 7.13. The first kappa shape index (κ1) is 16.4. The van der Waals surface area contributed by atoms with E-state index < -0.39 is 5.60 Å². The Morgan fingerprint density at radius 2 is 1.95 bits per heavy atom. The molecule has 21 heavy (non-hydrogen) atoms. The van der Waals surface area contributed by atoms with Gasteiger partial charge < -0.3 is 10.4 Å². The molecule has 2 rings (SSSR count). The van der Waals surface area contributed by atoms with Crippen molar-refractivity contribution in [3.63, 3.8) is 0 Å². The summed E-state index contributed by atoms with van der Waals surface area (Å²) < 4.78 is 12.9. The fourth-order valence-corrected chi connectivity index (χ4v) is 2.93. The fraction of sp³-hybridized carbons (Fsp3) is 0.706. The van der Waals surface area contributed by atoms with Crippen LogP contribution in [0.25, 0.3) is 0 Å². The van der Waals surface area contributed by atoms with Crippen LogP contribution in [0.2, 0.25) is 0 Å². The maximum Gasteiger partial charge on any atom is 0.141 e. The first-order valence-corrected chi connectivity index (χ1v) is 7.91. The molecule has 3 nitrogen and oxygen atoms in total. The van der Waals surface area contributed by atoms with Crippen molar-refractivity contribution < 1.29 is 9.50 Å². The quantitative estimate of drug-likeness (QED) is 0.872. The molecule has 0 aliphatic heterocycles. The van der Waals surface area contributed by atoms with E-state index in [1.165, 1.54) is 12.3 Å². The van der Waals surface area contributed by atoms with Gasteiger partial charge in [0.2, 0.25) is 0 Å². The molecule has 1 aliphatic carbocycles. The summed E-state index contributed by atoms with van der Waals surface area (Å²) in [4.78, 5) is 4.14. The Bertz CT molecular complexity index is 448. The second kappa shape index (κ2) is 6.41. The van der Waals surface area contributed by atoms with Gasteiger partial charge >= 0.3 is 0 Å². The molecule has 1 aromatic heterocycles. The van der Waals surface area contributed by atoms with Crippen LogP contribution < -0.4 is 5.32 Å². The van der Waals surface area contributed by atoms with Crippen molar-refractivity contribution in [1.82, 2.24) is 10.3 Å². The van der Waals surface area contributed by atoms with Gasteiger partial charge in [0.05, 0.1) is 17.5 Å². The third kappa shape index (κ3) is 4.48. The summed E-state index contributed by atoms with van der Waals surface area (Å²) in [7, 11) is 0. The zero-order chi connectivity index (χ0) is 15.5. The highest BCUT2D eigenvalue weighted by atomic mass is 19.1. The van der Waals surface area contributed by atoms with E-state index in [2.05, 4.69) is 31.1 Å².